The van der Waals surface area contributed by atoms with Crippen LogP contribution in [0, 0.1) is 12.8 Å². The van der Waals surface area contributed by atoms with Crippen LogP contribution in [-0.2, 0) is 16.6 Å². The van der Waals surface area contributed by atoms with E-state index in [0.29, 0.717) is 5.78 Å². The van der Waals surface area contributed by atoms with E-state index in [0.717, 1.165) is 31.8 Å². The largest absolute Gasteiger partial charge is 0.297 e. The summed E-state index contributed by atoms with van der Waals surface area (Å²) < 4.78 is 0. The number of likely N-dealkylation sites (tertiary alicyclic amines) is 1. The number of carbonyl (C=O) groups is 1. The lowest BCUT2D eigenvalue weighted by Gasteiger charge is -2.48. The van der Waals surface area contributed by atoms with Crippen LogP contribution in [0.5, 0.6) is 0 Å². The highest BCUT2D eigenvalue weighted by molar-refractivity contribution is 5.97. The Morgan fingerprint density at radius 3 is 2.90 bits per heavy atom. The van der Waals surface area contributed by atoms with Crippen LogP contribution in [0.25, 0.3) is 0 Å². The zero-order chi connectivity index (χ0) is 13.9. The number of fused-ring (bicyclic) bond motifs is 4. The van der Waals surface area contributed by atoms with Crippen molar-refractivity contribution in [2.75, 3.05) is 13.1 Å². The highest BCUT2D eigenvalue weighted by Crippen LogP contribution is 2.43. The molecular formula is C18H23NO. The van der Waals surface area contributed by atoms with Crippen molar-refractivity contribution in [3.05, 3.63) is 34.9 Å². The average molecular weight is 269 g/mol. The molecule has 2 atom stereocenters. The van der Waals surface area contributed by atoms with Gasteiger partial charge in [0.15, 0.2) is 5.78 Å². The van der Waals surface area contributed by atoms with Crippen molar-refractivity contribution in [3.63, 3.8) is 0 Å². The third-order valence-corrected chi connectivity index (χ3v) is 5.65. The van der Waals surface area contributed by atoms with E-state index in [1.165, 1.54) is 29.5 Å². The Kier molecular flexibility index (Phi) is 2.62. The summed E-state index contributed by atoms with van der Waals surface area (Å²) in [6.45, 7) is 6.54. The molecule has 0 aromatic heterocycles. The summed E-state index contributed by atoms with van der Waals surface area (Å²) in [5.41, 5.74) is 3.76. The second-order valence-corrected chi connectivity index (χ2v) is 7.27. The van der Waals surface area contributed by atoms with Crippen LogP contribution in [0.15, 0.2) is 18.2 Å². The lowest BCUT2D eigenvalue weighted by atomic mass is 9.64. The Bertz CT molecular complexity index is 575. The van der Waals surface area contributed by atoms with Crippen LogP contribution < -0.4 is 0 Å². The number of ketones is 1. The minimum absolute atomic E-state index is 0.143. The Morgan fingerprint density at radius 1 is 1.35 bits per heavy atom. The number of aryl methyl sites for hydroxylation is 1. The van der Waals surface area contributed by atoms with Crippen LogP contribution >= 0.6 is 0 Å². The Balaban J connectivity index is 1.73. The molecule has 4 rings (SSSR count). The van der Waals surface area contributed by atoms with Gasteiger partial charge >= 0.3 is 0 Å². The first-order valence-corrected chi connectivity index (χ1v) is 7.96. The summed E-state index contributed by atoms with van der Waals surface area (Å²) in [5.74, 6) is 1.34. The van der Waals surface area contributed by atoms with Gasteiger partial charge in [0.25, 0.3) is 0 Å². The molecule has 0 amide bonds. The lowest BCUT2D eigenvalue weighted by Crippen LogP contribution is -2.60. The van der Waals surface area contributed by atoms with Gasteiger partial charge in [-0.15, -0.1) is 0 Å². The average Bonchev–Trinajstić information content (AvgIpc) is 3.22. The Labute approximate surface area is 121 Å². The number of hydrogen-bond acceptors (Lipinski definition) is 2. The Hall–Kier alpha value is -1.15. The number of carbonyl (C=O) groups excluding carboxylic acids is 1. The predicted octanol–water partition coefficient (Wildman–Crippen LogP) is 2.86. The molecule has 0 unspecified atom stereocenters. The number of hydrogen-bond donors (Lipinski definition) is 0. The zero-order valence-corrected chi connectivity index (χ0v) is 12.5. The fourth-order valence-corrected chi connectivity index (χ4v) is 4.11. The highest BCUT2D eigenvalue weighted by atomic mass is 16.1. The van der Waals surface area contributed by atoms with E-state index in [1.807, 2.05) is 0 Å². The molecule has 1 aromatic rings. The molecule has 2 aliphatic carbocycles. The van der Waals surface area contributed by atoms with Crippen LogP contribution in [0.3, 0.4) is 0 Å². The van der Waals surface area contributed by atoms with Crippen molar-refractivity contribution < 1.29 is 4.79 Å². The molecule has 0 N–H and O–H groups in total. The van der Waals surface area contributed by atoms with Gasteiger partial charge in [0.2, 0.25) is 0 Å². The van der Waals surface area contributed by atoms with Crippen molar-refractivity contribution in [2.24, 2.45) is 5.92 Å². The highest BCUT2D eigenvalue weighted by Gasteiger charge is 2.50. The van der Waals surface area contributed by atoms with Gasteiger partial charge in [-0.1, -0.05) is 23.8 Å². The van der Waals surface area contributed by atoms with E-state index in [2.05, 4.69) is 36.9 Å². The summed E-state index contributed by atoms with van der Waals surface area (Å²) in [6, 6.07) is 6.84. The molecular weight excluding hydrogens is 246 g/mol. The third-order valence-electron chi connectivity index (χ3n) is 5.65. The van der Waals surface area contributed by atoms with Gasteiger partial charge in [-0.05, 0) is 56.6 Å². The molecule has 3 aliphatic rings. The first kappa shape index (κ1) is 12.6. The minimum atomic E-state index is -0.232. The van der Waals surface area contributed by atoms with Crippen molar-refractivity contribution in [3.8, 4) is 0 Å². The van der Waals surface area contributed by atoms with Gasteiger partial charge in [-0.25, -0.2) is 0 Å². The first-order valence-electron chi connectivity index (χ1n) is 7.96. The van der Waals surface area contributed by atoms with Gasteiger partial charge in [0, 0.05) is 13.1 Å². The molecule has 1 aliphatic heterocycles. The number of nitrogens with zero attached hydrogens (tertiary/aromatic N) is 1. The first-order chi connectivity index (χ1) is 9.58. The summed E-state index contributed by atoms with van der Waals surface area (Å²) in [4.78, 5) is 15.5. The van der Waals surface area contributed by atoms with E-state index in [-0.39, 0.29) is 11.5 Å². The lowest BCUT2D eigenvalue weighted by molar-refractivity contribution is -0.134. The molecule has 1 saturated heterocycles. The molecule has 2 bridgehead atoms. The van der Waals surface area contributed by atoms with Gasteiger partial charge in [0.05, 0.1) is 11.5 Å². The minimum Gasteiger partial charge on any atom is -0.297 e. The van der Waals surface area contributed by atoms with Gasteiger partial charge in [0.1, 0.15) is 0 Å². The quantitative estimate of drug-likeness (QED) is 0.823. The van der Waals surface area contributed by atoms with Crippen LogP contribution in [0.2, 0.25) is 0 Å². The monoisotopic (exact) mass is 269 g/mol. The van der Waals surface area contributed by atoms with Gasteiger partial charge in [-0.3, -0.25) is 9.69 Å². The third kappa shape index (κ3) is 1.77. The fourth-order valence-electron chi connectivity index (χ4n) is 4.11. The van der Waals surface area contributed by atoms with Crippen LogP contribution in [0.1, 0.15) is 42.9 Å². The summed E-state index contributed by atoms with van der Waals surface area (Å²) in [6.07, 6.45) is 4.65. The molecule has 1 heterocycles. The molecule has 1 aromatic carbocycles. The maximum absolute atomic E-state index is 13.0. The summed E-state index contributed by atoms with van der Waals surface area (Å²) >= 11 is 0. The number of Topliss-reactive ketones (excluding diaryl/α,β-unsaturated/α-hetero) is 1. The van der Waals surface area contributed by atoms with Crippen molar-refractivity contribution in [1.82, 2.24) is 4.90 Å². The molecule has 0 spiro atoms. The topological polar surface area (TPSA) is 20.3 Å². The molecule has 106 valence electrons. The van der Waals surface area contributed by atoms with E-state index < -0.39 is 0 Å². The zero-order valence-electron chi connectivity index (χ0n) is 12.5. The van der Waals surface area contributed by atoms with E-state index >= 15 is 0 Å². The molecule has 0 radical (unpaired) electrons. The summed E-state index contributed by atoms with van der Waals surface area (Å²) in [7, 11) is 0. The fraction of sp³-hybridized carbons (Fsp3) is 0.611. The SMILES string of the molecule is Cc1ccc2c(c1)[C@@]1(C)CCN(CC3CC3)[C@H](C2)C1=O. The molecule has 2 fully saturated rings. The van der Waals surface area contributed by atoms with Crippen molar-refractivity contribution in [2.45, 2.75) is 51.0 Å². The van der Waals surface area contributed by atoms with E-state index in [1.54, 1.807) is 0 Å². The maximum Gasteiger partial charge on any atom is 0.160 e. The second kappa shape index (κ2) is 4.17. The normalized spacial score (nSPS) is 33.1. The summed E-state index contributed by atoms with van der Waals surface area (Å²) in [5, 5.41) is 0. The van der Waals surface area contributed by atoms with Crippen LogP contribution in [0.4, 0.5) is 0 Å². The smallest absolute Gasteiger partial charge is 0.160 e. The van der Waals surface area contributed by atoms with Crippen molar-refractivity contribution >= 4 is 5.78 Å². The maximum atomic E-state index is 13.0. The second-order valence-electron chi connectivity index (χ2n) is 7.27. The number of piperidine rings is 1. The molecule has 1 saturated carbocycles. The van der Waals surface area contributed by atoms with Crippen LogP contribution in [-0.4, -0.2) is 29.8 Å². The van der Waals surface area contributed by atoms with E-state index in [9.17, 15) is 4.79 Å². The number of benzene rings is 1. The predicted molar refractivity (Wildman–Crippen MR) is 79.9 cm³/mol. The molecule has 2 nitrogen and oxygen atoms in total. The van der Waals surface area contributed by atoms with Crippen molar-refractivity contribution in [1.29, 1.82) is 0 Å². The Morgan fingerprint density at radius 2 is 2.15 bits per heavy atom. The van der Waals surface area contributed by atoms with Gasteiger partial charge < -0.3 is 0 Å². The molecule has 2 heteroatoms. The standard InChI is InChI=1S/C18H23NO/c1-12-3-6-14-10-16-17(20)18(2,15(14)9-12)7-8-19(16)11-13-4-5-13/h3,6,9,13,16H,4-5,7-8,10-11H2,1-2H3/t16-,18-/m1/s1. The van der Waals surface area contributed by atoms with Gasteiger partial charge in [-0.2, -0.15) is 0 Å². The molecule has 20 heavy (non-hydrogen) atoms. The van der Waals surface area contributed by atoms with E-state index in [4.69, 9.17) is 0 Å². The number of rotatable bonds is 2.